The van der Waals surface area contributed by atoms with Crippen molar-refractivity contribution in [3.63, 3.8) is 0 Å². The Morgan fingerprint density at radius 1 is 1.13 bits per heavy atom. The molecule has 1 N–H and O–H groups in total. The Balaban J connectivity index is 1.90. The summed E-state index contributed by atoms with van der Waals surface area (Å²) in [6.45, 7) is 4.09. The number of anilines is 2. The molecule has 0 spiro atoms. The molecule has 11 nitrogen and oxygen atoms in total. The molecule has 1 atom stereocenters. The molecule has 0 saturated heterocycles. The Bertz CT molecular complexity index is 1020. The lowest BCUT2D eigenvalue weighted by Crippen LogP contribution is -2.44. The summed E-state index contributed by atoms with van der Waals surface area (Å²) in [5, 5.41) is 24.6. The Kier molecular flexibility index (Phi) is 5.63. The molecule has 2 aromatic carbocycles. The summed E-state index contributed by atoms with van der Waals surface area (Å²) in [7, 11) is 0. The fraction of sp³-hybridized carbons (Fsp3) is 0.263. The molecule has 30 heavy (non-hydrogen) atoms. The van der Waals surface area contributed by atoms with Crippen LogP contribution < -0.4 is 15.0 Å². The number of rotatable bonds is 6. The number of nitrogens with zero attached hydrogens (tertiary/aromatic N) is 3. The van der Waals surface area contributed by atoms with E-state index < -0.39 is 33.2 Å². The summed E-state index contributed by atoms with van der Waals surface area (Å²) < 4.78 is 5.63. The molecule has 1 aliphatic rings. The minimum atomic E-state index is -0.808. The third-order valence-corrected chi connectivity index (χ3v) is 4.46. The number of non-ortho nitro benzene ring substituents is 2. The van der Waals surface area contributed by atoms with Crippen LogP contribution in [0.4, 0.5) is 22.7 Å². The van der Waals surface area contributed by atoms with Crippen molar-refractivity contribution in [2.45, 2.75) is 26.4 Å². The van der Waals surface area contributed by atoms with Gasteiger partial charge in [0.25, 0.3) is 23.2 Å². The minimum absolute atomic E-state index is 0.162. The number of hydrogen-bond acceptors (Lipinski definition) is 7. The van der Waals surface area contributed by atoms with Gasteiger partial charge in [-0.05, 0) is 25.5 Å². The molecule has 1 aliphatic heterocycles. The van der Waals surface area contributed by atoms with Crippen LogP contribution in [0.25, 0.3) is 0 Å². The van der Waals surface area contributed by atoms with Crippen LogP contribution in [-0.2, 0) is 4.79 Å². The molecule has 11 heteroatoms. The first-order valence-corrected chi connectivity index (χ1v) is 9.08. The van der Waals surface area contributed by atoms with Gasteiger partial charge in [0.15, 0.2) is 6.10 Å². The maximum atomic E-state index is 12.6. The van der Waals surface area contributed by atoms with E-state index in [0.29, 0.717) is 23.7 Å². The van der Waals surface area contributed by atoms with Crippen LogP contribution in [0, 0.1) is 20.2 Å². The third-order valence-electron chi connectivity index (χ3n) is 4.46. The molecular weight excluding hydrogens is 396 g/mol. The van der Waals surface area contributed by atoms with Gasteiger partial charge in [-0.15, -0.1) is 0 Å². The molecule has 0 aromatic heterocycles. The number of carbonyl (C=O) groups excluding carboxylic acids is 2. The molecule has 1 unspecified atom stereocenters. The number of ether oxygens (including phenoxy) is 1. The van der Waals surface area contributed by atoms with Gasteiger partial charge in [-0.2, -0.15) is 0 Å². The first-order chi connectivity index (χ1) is 14.2. The van der Waals surface area contributed by atoms with Crippen molar-refractivity contribution < 1.29 is 24.2 Å². The summed E-state index contributed by atoms with van der Waals surface area (Å²) in [4.78, 5) is 46.9. The molecule has 2 amide bonds. The lowest BCUT2D eigenvalue weighted by atomic mass is 10.1. The minimum Gasteiger partial charge on any atom is -0.479 e. The zero-order valence-electron chi connectivity index (χ0n) is 16.2. The van der Waals surface area contributed by atoms with E-state index >= 15 is 0 Å². The topological polar surface area (TPSA) is 145 Å². The SMILES string of the molecule is CCCN1C(=O)C(C)Oc2cc(NC(=O)c3cc([N+](=O)[O-])cc([N+](=O)[O-])c3)ccc21. The Morgan fingerprint density at radius 3 is 2.33 bits per heavy atom. The Labute approximate surface area is 170 Å². The summed E-state index contributed by atoms with van der Waals surface area (Å²) in [6.07, 6.45) is 0.0662. The van der Waals surface area contributed by atoms with E-state index in [0.717, 1.165) is 24.6 Å². The van der Waals surface area contributed by atoms with E-state index in [2.05, 4.69) is 5.32 Å². The molecule has 2 aromatic rings. The summed E-state index contributed by atoms with van der Waals surface area (Å²) in [6, 6.07) is 7.41. The van der Waals surface area contributed by atoms with Gasteiger partial charge in [0.05, 0.1) is 27.2 Å². The van der Waals surface area contributed by atoms with Gasteiger partial charge in [-0.1, -0.05) is 6.92 Å². The van der Waals surface area contributed by atoms with E-state index in [1.165, 1.54) is 6.07 Å². The normalized spacial score (nSPS) is 15.2. The van der Waals surface area contributed by atoms with E-state index in [1.807, 2.05) is 6.92 Å². The summed E-state index contributed by atoms with van der Waals surface area (Å²) in [5.74, 6) is -0.518. The zero-order valence-corrected chi connectivity index (χ0v) is 16.2. The van der Waals surface area contributed by atoms with E-state index in [1.54, 1.807) is 24.0 Å². The van der Waals surface area contributed by atoms with Gasteiger partial charge in [0, 0.05) is 30.4 Å². The predicted molar refractivity (Wildman–Crippen MR) is 107 cm³/mol. The third kappa shape index (κ3) is 4.04. The average Bonchev–Trinajstić information content (AvgIpc) is 2.70. The second-order valence-corrected chi connectivity index (χ2v) is 6.64. The summed E-state index contributed by atoms with van der Waals surface area (Å²) >= 11 is 0. The number of carbonyl (C=O) groups is 2. The average molecular weight is 414 g/mol. The van der Waals surface area contributed by atoms with Crippen LogP contribution in [-0.4, -0.2) is 34.3 Å². The standard InChI is InChI=1S/C19H18N4O7/c1-3-6-21-16-5-4-13(9-17(16)30-11(2)19(21)25)20-18(24)12-7-14(22(26)27)10-15(8-12)23(28)29/h4-5,7-11H,3,6H2,1-2H3,(H,20,24). The van der Waals surface area contributed by atoms with Crippen molar-refractivity contribution in [2.75, 3.05) is 16.8 Å². The van der Waals surface area contributed by atoms with Crippen LogP contribution in [0.15, 0.2) is 36.4 Å². The van der Waals surface area contributed by atoms with Gasteiger partial charge in [0.1, 0.15) is 5.75 Å². The molecule has 0 radical (unpaired) electrons. The van der Waals surface area contributed by atoms with E-state index in [4.69, 9.17) is 4.74 Å². The van der Waals surface area contributed by atoms with E-state index in [-0.39, 0.29) is 11.5 Å². The lowest BCUT2D eigenvalue weighted by Gasteiger charge is -2.33. The number of fused-ring (bicyclic) bond motifs is 1. The van der Waals surface area contributed by atoms with Crippen LogP contribution in [0.5, 0.6) is 5.75 Å². The first-order valence-electron chi connectivity index (χ1n) is 9.08. The van der Waals surface area contributed by atoms with Gasteiger partial charge in [-0.25, -0.2) is 0 Å². The highest BCUT2D eigenvalue weighted by molar-refractivity contribution is 6.06. The van der Waals surface area contributed by atoms with Gasteiger partial charge >= 0.3 is 0 Å². The monoisotopic (exact) mass is 414 g/mol. The van der Waals surface area contributed by atoms with Crippen LogP contribution in [0.1, 0.15) is 30.6 Å². The second kappa shape index (κ2) is 8.15. The smallest absolute Gasteiger partial charge is 0.277 e. The maximum absolute atomic E-state index is 12.6. The Hall–Kier alpha value is -4.02. The molecule has 1 heterocycles. The summed E-state index contributed by atoms with van der Waals surface area (Å²) in [5.41, 5.74) is -0.475. The number of amides is 2. The van der Waals surface area contributed by atoms with Crippen LogP contribution in [0.2, 0.25) is 0 Å². The highest BCUT2D eigenvalue weighted by Gasteiger charge is 2.31. The van der Waals surface area contributed by atoms with Crippen molar-refractivity contribution in [1.82, 2.24) is 0 Å². The van der Waals surface area contributed by atoms with Crippen molar-refractivity contribution in [2.24, 2.45) is 0 Å². The van der Waals surface area contributed by atoms with Crippen molar-refractivity contribution in [1.29, 1.82) is 0 Å². The fourth-order valence-corrected chi connectivity index (χ4v) is 3.08. The lowest BCUT2D eigenvalue weighted by molar-refractivity contribution is -0.394. The fourth-order valence-electron chi connectivity index (χ4n) is 3.08. The maximum Gasteiger partial charge on any atom is 0.277 e. The van der Waals surface area contributed by atoms with Crippen LogP contribution >= 0.6 is 0 Å². The van der Waals surface area contributed by atoms with Crippen molar-refractivity contribution in [3.05, 3.63) is 62.2 Å². The predicted octanol–water partition coefficient (Wildman–Crippen LogP) is 3.28. The second-order valence-electron chi connectivity index (χ2n) is 6.64. The quantitative estimate of drug-likeness (QED) is 0.564. The number of nitro groups is 2. The van der Waals surface area contributed by atoms with Gasteiger partial charge in [0.2, 0.25) is 0 Å². The highest BCUT2D eigenvalue weighted by Crippen LogP contribution is 2.36. The molecule has 0 saturated carbocycles. The van der Waals surface area contributed by atoms with Crippen LogP contribution in [0.3, 0.4) is 0 Å². The van der Waals surface area contributed by atoms with Gasteiger partial charge in [-0.3, -0.25) is 29.8 Å². The Morgan fingerprint density at radius 2 is 1.77 bits per heavy atom. The van der Waals surface area contributed by atoms with Crippen molar-refractivity contribution in [3.8, 4) is 5.75 Å². The zero-order chi connectivity index (χ0) is 22.0. The molecule has 3 rings (SSSR count). The molecule has 0 fully saturated rings. The number of hydrogen-bond donors (Lipinski definition) is 1. The molecule has 156 valence electrons. The van der Waals surface area contributed by atoms with Gasteiger partial charge < -0.3 is 15.0 Å². The van der Waals surface area contributed by atoms with E-state index in [9.17, 15) is 29.8 Å². The number of nitrogens with one attached hydrogen (secondary N) is 1. The number of benzene rings is 2. The highest BCUT2D eigenvalue weighted by atomic mass is 16.6. The molecular formula is C19H18N4O7. The molecule has 0 aliphatic carbocycles. The largest absolute Gasteiger partial charge is 0.479 e. The molecule has 0 bridgehead atoms. The first kappa shape index (κ1) is 20.7. The van der Waals surface area contributed by atoms with Crippen molar-refractivity contribution >= 4 is 34.6 Å². The number of nitro benzene ring substituents is 2.